The number of rotatable bonds is 6. The molecule has 0 unspecified atom stereocenters. The molecule has 3 aromatic rings. The van der Waals surface area contributed by atoms with E-state index in [1.54, 1.807) is 6.20 Å². The summed E-state index contributed by atoms with van der Waals surface area (Å²) in [5.74, 6) is 2.51. The van der Waals surface area contributed by atoms with Crippen LogP contribution < -0.4 is 10.1 Å². The molecular formula is C18H20N4O2. The number of anilines is 1. The van der Waals surface area contributed by atoms with Gasteiger partial charge in [-0.25, -0.2) is 4.98 Å². The number of pyridine rings is 1. The molecule has 0 saturated heterocycles. The van der Waals surface area contributed by atoms with Crippen molar-refractivity contribution in [2.24, 2.45) is 0 Å². The number of ether oxygens (including phenoxy) is 1. The topological polar surface area (TPSA) is 73.1 Å². The van der Waals surface area contributed by atoms with E-state index in [1.165, 1.54) is 0 Å². The lowest BCUT2D eigenvalue weighted by Gasteiger charge is -2.12. The molecule has 0 spiro atoms. The second kappa shape index (κ2) is 7.12. The Hall–Kier alpha value is -2.89. The first-order valence-electron chi connectivity index (χ1n) is 7.95. The van der Waals surface area contributed by atoms with Gasteiger partial charge in [0.05, 0.1) is 11.7 Å². The number of hydrogen-bond acceptors (Lipinski definition) is 6. The van der Waals surface area contributed by atoms with Gasteiger partial charge in [0.25, 0.3) is 5.89 Å². The Morgan fingerprint density at radius 1 is 1.21 bits per heavy atom. The molecule has 2 heterocycles. The number of nitrogens with one attached hydrogen (secondary N) is 1. The lowest BCUT2D eigenvalue weighted by atomic mass is 10.2. The Balaban J connectivity index is 1.83. The Morgan fingerprint density at radius 2 is 2.00 bits per heavy atom. The first-order valence-corrected chi connectivity index (χ1v) is 7.95. The number of benzene rings is 1. The van der Waals surface area contributed by atoms with Gasteiger partial charge < -0.3 is 14.6 Å². The van der Waals surface area contributed by atoms with Gasteiger partial charge in [-0.05, 0) is 49.7 Å². The summed E-state index contributed by atoms with van der Waals surface area (Å²) in [4.78, 5) is 8.72. The normalized spacial score (nSPS) is 12.0. The molecule has 124 valence electrons. The van der Waals surface area contributed by atoms with Crippen molar-refractivity contribution < 1.29 is 9.26 Å². The van der Waals surface area contributed by atoms with E-state index in [0.717, 1.165) is 23.3 Å². The Labute approximate surface area is 140 Å². The van der Waals surface area contributed by atoms with Crippen LogP contribution in [0.2, 0.25) is 0 Å². The van der Waals surface area contributed by atoms with E-state index in [2.05, 4.69) is 27.4 Å². The van der Waals surface area contributed by atoms with E-state index in [-0.39, 0.29) is 6.10 Å². The average Bonchev–Trinajstić information content (AvgIpc) is 3.12. The van der Waals surface area contributed by atoms with Crippen LogP contribution in [-0.4, -0.2) is 28.3 Å². The third-order valence-corrected chi connectivity index (χ3v) is 3.72. The number of nitrogens with zero attached hydrogens (tertiary/aromatic N) is 3. The quantitative estimate of drug-likeness (QED) is 0.738. The van der Waals surface area contributed by atoms with Crippen molar-refractivity contribution in [1.82, 2.24) is 15.1 Å². The molecule has 0 saturated carbocycles. The highest BCUT2D eigenvalue weighted by Crippen LogP contribution is 2.27. The SMILES string of the molecule is CC[C@H](C)Oc1ccc(-c2nc(-c3cccnc3NC)no2)cc1. The minimum absolute atomic E-state index is 0.191. The highest BCUT2D eigenvalue weighted by atomic mass is 16.5. The summed E-state index contributed by atoms with van der Waals surface area (Å²) in [6, 6.07) is 11.4. The van der Waals surface area contributed by atoms with Crippen molar-refractivity contribution in [3.63, 3.8) is 0 Å². The molecule has 0 aliphatic rings. The molecule has 1 aromatic carbocycles. The van der Waals surface area contributed by atoms with Crippen molar-refractivity contribution >= 4 is 5.82 Å². The molecule has 0 radical (unpaired) electrons. The molecule has 3 rings (SSSR count). The smallest absolute Gasteiger partial charge is 0.258 e. The first-order chi connectivity index (χ1) is 11.7. The molecule has 2 aromatic heterocycles. The second-order valence-electron chi connectivity index (χ2n) is 5.43. The van der Waals surface area contributed by atoms with Crippen LogP contribution in [-0.2, 0) is 0 Å². The predicted molar refractivity (Wildman–Crippen MR) is 92.9 cm³/mol. The van der Waals surface area contributed by atoms with E-state index in [1.807, 2.05) is 50.4 Å². The minimum Gasteiger partial charge on any atom is -0.491 e. The maximum absolute atomic E-state index is 5.78. The summed E-state index contributed by atoms with van der Waals surface area (Å²) >= 11 is 0. The molecule has 6 nitrogen and oxygen atoms in total. The van der Waals surface area contributed by atoms with Crippen LogP contribution in [0.4, 0.5) is 5.82 Å². The first kappa shape index (κ1) is 16.0. The van der Waals surface area contributed by atoms with Gasteiger partial charge in [-0.1, -0.05) is 12.1 Å². The van der Waals surface area contributed by atoms with Gasteiger partial charge in [0.1, 0.15) is 11.6 Å². The van der Waals surface area contributed by atoms with E-state index in [4.69, 9.17) is 9.26 Å². The van der Waals surface area contributed by atoms with Crippen LogP contribution in [0.5, 0.6) is 5.75 Å². The van der Waals surface area contributed by atoms with Gasteiger partial charge in [0.2, 0.25) is 5.82 Å². The summed E-state index contributed by atoms with van der Waals surface area (Å²) in [5, 5.41) is 7.08. The van der Waals surface area contributed by atoms with E-state index < -0.39 is 0 Å². The third kappa shape index (κ3) is 3.37. The lowest BCUT2D eigenvalue weighted by Crippen LogP contribution is -2.09. The van der Waals surface area contributed by atoms with Gasteiger partial charge in [-0.3, -0.25) is 0 Å². The van der Waals surface area contributed by atoms with Crippen LogP contribution in [0, 0.1) is 0 Å². The van der Waals surface area contributed by atoms with E-state index >= 15 is 0 Å². The molecule has 1 atom stereocenters. The molecule has 0 amide bonds. The number of hydrogen-bond donors (Lipinski definition) is 1. The molecule has 1 N–H and O–H groups in total. The third-order valence-electron chi connectivity index (χ3n) is 3.72. The predicted octanol–water partition coefficient (Wildman–Crippen LogP) is 4.02. The summed E-state index contributed by atoms with van der Waals surface area (Å²) in [6.07, 6.45) is 2.87. The summed E-state index contributed by atoms with van der Waals surface area (Å²) < 4.78 is 11.2. The molecule has 0 bridgehead atoms. The standard InChI is InChI=1S/C18H20N4O2/c1-4-12(2)23-14-9-7-13(8-10-14)18-21-17(22-24-18)15-6-5-11-20-16(15)19-3/h5-12H,4H2,1-3H3,(H,19,20)/t12-/m0/s1. The van der Waals surface area contributed by atoms with Crippen LogP contribution in [0.3, 0.4) is 0 Å². The van der Waals surface area contributed by atoms with E-state index in [0.29, 0.717) is 17.5 Å². The largest absolute Gasteiger partial charge is 0.491 e. The Kier molecular flexibility index (Phi) is 4.74. The highest BCUT2D eigenvalue weighted by Gasteiger charge is 2.14. The molecule has 24 heavy (non-hydrogen) atoms. The maximum atomic E-state index is 5.78. The van der Waals surface area contributed by atoms with Gasteiger partial charge in [-0.2, -0.15) is 4.98 Å². The second-order valence-corrected chi connectivity index (χ2v) is 5.43. The maximum Gasteiger partial charge on any atom is 0.258 e. The fourth-order valence-corrected chi connectivity index (χ4v) is 2.23. The van der Waals surface area contributed by atoms with Gasteiger partial charge in [-0.15, -0.1) is 0 Å². The van der Waals surface area contributed by atoms with Crippen molar-refractivity contribution in [3.05, 3.63) is 42.6 Å². The monoisotopic (exact) mass is 324 g/mol. The molecule has 0 aliphatic carbocycles. The minimum atomic E-state index is 0.191. The highest BCUT2D eigenvalue weighted by molar-refractivity contribution is 5.70. The zero-order valence-corrected chi connectivity index (χ0v) is 14.0. The van der Waals surface area contributed by atoms with Crippen molar-refractivity contribution in [2.75, 3.05) is 12.4 Å². The molecule has 0 fully saturated rings. The summed E-state index contributed by atoms with van der Waals surface area (Å²) in [6.45, 7) is 4.14. The van der Waals surface area contributed by atoms with Crippen LogP contribution in [0.1, 0.15) is 20.3 Å². The molecule has 0 aliphatic heterocycles. The van der Waals surface area contributed by atoms with Gasteiger partial charge in [0, 0.05) is 18.8 Å². The molecule has 6 heteroatoms. The summed E-state index contributed by atoms with van der Waals surface area (Å²) in [5.41, 5.74) is 1.65. The van der Waals surface area contributed by atoms with Gasteiger partial charge >= 0.3 is 0 Å². The number of aromatic nitrogens is 3. The Bertz CT molecular complexity index is 799. The van der Waals surface area contributed by atoms with Gasteiger partial charge in [0.15, 0.2) is 0 Å². The molecular weight excluding hydrogens is 304 g/mol. The van der Waals surface area contributed by atoms with Crippen molar-refractivity contribution in [1.29, 1.82) is 0 Å². The zero-order chi connectivity index (χ0) is 16.9. The van der Waals surface area contributed by atoms with Crippen LogP contribution in [0.25, 0.3) is 22.8 Å². The van der Waals surface area contributed by atoms with Crippen LogP contribution >= 0.6 is 0 Å². The average molecular weight is 324 g/mol. The lowest BCUT2D eigenvalue weighted by molar-refractivity contribution is 0.217. The fraction of sp³-hybridized carbons (Fsp3) is 0.278. The van der Waals surface area contributed by atoms with Crippen molar-refractivity contribution in [3.8, 4) is 28.6 Å². The van der Waals surface area contributed by atoms with Crippen LogP contribution in [0.15, 0.2) is 47.1 Å². The Morgan fingerprint density at radius 3 is 2.71 bits per heavy atom. The van der Waals surface area contributed by atoms with E-state index in [9.17, 15) is 0 Å². The summed E-state index contributed by atoms with van der Waals surface area (Å²) in [7, 11) is 1.81. The zero-order valence-electron chi connectivity index (χ0n) is 14.0. The fourth-order valence-electron chi connectivity index (χ4n) is 2.23. The van der Waals surface area contributed by atoms with Crippen molar-refractivity contribution in [2.45, 2.75) is 26.4 Å².